The third kappa shape index (κ3) is 750. The monoisotopic (exact) mass is 475 g/mol. The Morgan fingerprint density at radius 1 is 0.852 bits per heavy atom. The summed E-state index contributed by atoms with van der Waals surface area (Å²) in [6, 6.07) is 0. The van der Waals surface area contributed by atoms with Crippen molar-refractivity contribution in [2.24, 2.45) is 0 Å². The Hall–Kier alpha value is -0.730. The van der Waals surface area contributed by atoms with E-state index in [-0.39, 0.29) is 20.4 Å². The van der Waals surface area contributed by atoms with Crippen LogP contribution < -0.4 is 0 Å². The standard InChI is InChI=1S/C3H8O4S.C3H8O.C3H6.CH4.2H2O4S.H2O.H2/c1-3(2)7-8(4,5)6;1-3(2)4;1-3-2;;2*1-5(2,3)4;;/h3H,1-2H3,(H,4,5,6);3-4H,1-2H3;3H,1H2,2H3;1H4;2*(H2,1,2,3,4);1H2;1H/i;;;;;;;1+1. The lowest BCUT2D eigenvalue weighted by molar-refractivity contribution is 0.213. The van der Waals surface area contributed by atoms with Crippen LogP contribution in [0.1, 0.15) is 43.5 Å². The molecule has 17 heteroatoms. The van der Waals surface area contributed by atoms with Crippen molar-refractivity contribution >= 4 is 31.2 Å². The molecule has 0 aromatic carbocycles. The van der Waals surface area contributed by atoms with Gasteiger partial charge in [0.15, 0.2) is 0 Å². The highest BCUT2D eigenvalue weighted by molar-refractivity contribution is 7.81. The lowest BCUT2D eigenvalue weighted by Gasteiger charge is -1.99. The van der Waals surface area contributed by atoms with Gasteiger partial charge >= 0.3 is 31.2 Å². The first-order chi connectivity index (χ1) is 10.6. The average molecular weight is 476 g/mol. The smallest absolute Gasteiger partial charge is 0.397 e. The average Bonchev–Trinajstić information content (AvgIpc) is 2.05. The molecule has 0 aromatic heterocycles. The Morgan fingerprint density at radius 3 is 0.963 bits per heavy atom. The Labute approximate surface area is 162 Å². The molecule has 27 heavy (non-hydrogen) atoms. The second-order valence-electron chi connectivity index (χ2n) is 3.97. The van der Waals surface area contributed by atoms with Crippen LogP contribution in [0.15, 0.2) is 12.7 Å². The lowest BCUT2D eigenvalue weighted by atomic mass is 10.5. The molecule has 0 unspecified atom stereocenters. The molecule has 0 aromatic rings. The van der Waals surface area contributed by atoms with Gasteiger partial charge in [0, 0.05) is 7.53 Å². The molecule has 0 heterocycles. The van der Waals surface area contributed by atoms with Gasteiger partial charge in [-0.3, -0.25) is 22.8 Å². The summed E-state index contributed by atoms with van der Waals surface area (Å²) in [5.41, 5.74) is 0. The van der Waals surface area contributed by atoms with E-state index < -0.39 is 37.3 Å². The summed E-state index contributed by atoms with van der Waals surface area (Å²) in [6.45, 7) is 11.7. The minimum absolute atomic E-state index is 0. The van der Waals surface area contributed by atoms with Gasteiger partial charge in [0.05, 0.1) is 6.10 Å². The van der Waals surface area contributed by atoms with E-state index in [4.69, 9.17) is 44.7 Å². The maximum atomic E-state index is 9.78. The highest BCUT2D eigenvalue weighted by atomic mass is 32.3. The molecule has 176 valence electrons. The molecule has 0 saturated heterocycles. The molecular formula is C10H34O14S3. The first-order valence-electron chi connectivity index (χ1n) is 5.87. The van der Waals surface area contributed by atoms with Gasteiger partial charge in [-0.25, -0.2) is 4.18 Å². The van der Waals surface area contributed by atoms with E-state index in [9.17, 15) is 8.42 Å². The second kappa shape index (κ2) is 23.3. The number of aliphatic hydroxyl groups is 1. The zero-order valence-electron chi connectivity index (χ0n) is 14.7. The maximum Gasteiger partial charge on any atom is 0.397 e. The lowest BCUT2D eigenvalue weighted by Crippen LogP contribution is -2.10. The summed E-state index contributed by atoms with van der Waals surface area (Å²) in [6.07, 6.45) is 1.09. The number of hydrogen-bond acceptors (Lipinski definition) is 8. The van der Waals surface area contributed by atoms with E-state index >= 15 is 0 Å². The van der Waals surface area contributed by atoms with Crippen molar-refractivity contribution < 1.29 is 64.2 Å². The molecule has 0 saturated carbocycles. The van der Waals surface area contributed by atoms with Crippen molar-refractivity contribution in [3.05, 3.63) is 12.7 Å². The van der Waals surface area contributed by atoms with Crippen LogP contribution in [-0.2, 0) is 35.4 Å². The topological polar surface area (TPSA) is 265 Å². The van der Waals surface area contributed by atoms with Crippen LogP contribution in [0.3, 0.4) is 0 Å². The molecule has 0 atom stereocenters. The van der Waals surface area contributed by atoms with E-state index in [1.54, 1.807) is 19.9 Å². The molecule has 0 spiro atoms. The Morgan fingerprint density at radius 2 is 0.963 bits per heavy atom. The van der Waals surface area contributed by atoms with Gasteiger partial charge in [-0.05, 0) is 34.6 Å². The predicted molar refractivity (Wildman–Crippen MR) is 102 cm³/mol. The fourth-order valence-corrected chi connectivity index (χ4v) is 0.730. The van der Waals surface area contributed by atoms with Gasteiger partial charge in [0.2, 0.25) is 0 Å². The predicted octanol–water partition coefficient (Wildman–Crippen LogP) is 0.545. The van der Waals surface area contributed by atoms with Crippen LogP contribution in [0.2, 0.25) is 0 Å². The molecule has 0 amide bonds. The van der Waals surface area contributed by atoms with E-state index in [0.717, 1.165) is 0 Å². The van der Waals surface area contributed by atoms with Crippen LogP contribution >= 0.6 is 0 Å². The van der Waals surface area contributed by atoms with Gasteiger partial charge in [-0.1, -0.05) is 13.5 Å². The van der Waals surface area contributed by atoms with Crippen LogP contribution in [0.25, 0.3) is 0 Å². The largest absolute Gasteiger partial charge is 0.412 e. The maximum absolute atomic E-state index is 9.78. The van der Waals surface area contributed by atoms with Gasteiger partial charge in [0.25, 0.3) is 0 Å². The molecule has 0 bridgehead atoms. The molecule has 0 aliphatic rings. The second-order valence-corrected chi connectivity index (χ2v) is 6.81. The van der Waals surface area contributed by atoms with Gasteiger partial charge < -0.3 is 10.6 Å². The van der Waals surface area contributed by atoms with E-state index in [1.807, 2.05) is 6.92 Å². The first-order valence-corrected chi connectivity index (χ1v) is 10.0. The number of rotatable bonds is 2. The molecular weight excluding hydrogens is 440 g/mol. The normalized spacial score (nSPS) is 9.81. The van der Waals surface area contributed by atoms with Crippen LogP contribution in [-0.4, -0.2) is 70.8 Å². The van der Waals surface area contributed by atoms with Gasteiger partial charge in [-0.15, -0.1) is 6.58 Å². The van der Waals surface area contributed by atoms with Crippen molar-refractivity contribution in [2.75, 3.05) is 0 Å². The quantitative estimate of drug-likeness (QED) is 0.235. The molecule has 0 radical (unpaired) electrons. The fourth-order valence-electron chi connectivity index (χ4n) is 0.243. The molecule has 0 rings (SSSR count). The van der Waals surface area contributed by atoms with Gasteiger partial charge in [0.1, 0.15) is 0 Å². The first kappa shape index (κ1) is 45.2. The zero-order chi connectivity index (χ0) is 22.1. The number of aliphatic hydroxyl groups excluding tert-OH is 1. The Balaban J connectivity index is -0.0000000301. The minimum atomic E-state index is -4.67. The van der Waals surface area contributed by atoms with Crippen LogP contribution in [0.5, 0.6) is 0 Å². The fraction of sp³-hybridized carbons (Fsp3) is 0.800. The Kier molecular flexibility index (Phi) is 39.0. The summed E-state index contributed by atoms with van der Waals surface area (Å²) in [4.78, 5) is 0. The van der Waals surface area contributed by atoms with Crippen molar-refractivity contribution in [1.29, 1.82) is 0 Å². The van der Waals surface area contributed by atoms with E-state index in [2.05, 4.69) is 10.8 Å². The summed E-state index contributed by atoms with van der Waals surface area (Å²) in [7, 11) is -13.6. The summed E-state index contributed by atoms with van der Waals surface area (Å²) in [5, 5.41) is 8.06. The number of hydrogen-bond donors (Lipinski definition) is 6. The van der Waals surface area contributed by atoms with Crippen LogP contribution in [0.4, 0.5) is 0 Å². The molecule has 0 aliphatic carbocycles. The summed E-state index contributed by atoms with van der Waals surface area (Å²) < 4.78 is 94.6. The van der Waals surface area contributed by atoms with Crippen LogP contribution in [0, 0.1) is 0 Å². The molecule has 0 fully saturated rings. The minimum Gasteiger partial charge on any atom is -0.412 e. The van der Waals surface area contributed by atoms with Crippen molar-refractivity contribution in [1.82, 2.24) is 0 Å². The van der Waals surface area contributed by atoms with Crippen molar-refractivity contribution in [2.45, 2.75) is 54.3 Å². The molecule has 14 nitrogen and oxygen atoms in total. The number of allylic oxidation sites excluding steroid dienone is 1. The Bertz CT molecular complexity index is 547. The van der Waals surface area contributed by atoms with E-state index in [0.29, 0.717) is 0 Å². The van der Waals surface area contributed by atoms with E-state index in [1.165, 1.54) is 13.8 Å². The molecule has 8 N–H and O–H groups in total. The molecule has 0 aliphatic heterocycles. The van der Waals surface area contributed by atoms with Crippen molar-refractivity contribution in [3.8, 4) is 0 Å². The third-order valence-electron chi connectivity index (χ3n) is 0.314. The SMILES string of the molecule is C.C=CC.CC(C)O.CC(C)OS(=O)(=O)O.O.O=S(=O)(O)O.O=S(=O)(O)O.[2HH]. The highest BCUT2D eigenvalue weighted by Crippen LogP contribution is 1.92. The highest BCUT2D eigenvalue weighted by Gasteiger charge is 2.05. The summed E-state index contributed by atoms with van der Waals surface area (Å²) in [5.74, 6) is 0. The van der Waals surface area contributed by atoms with Gasteiger partial charge in [-0.2, -0.15) is 25.3 Å². The summed E-state index contributed by atoms with van der Waals surface area (Å²) >= 11 is 0. The third-order valence-corrected chi connectivity index (χ3v) is 0.942. The van der Waals surface area contributed by atoms with Crippen molar-refractivity contribution in [3.63, 3.8) is 0 Å². The zero-order valence-corrected chi connectivity index (χ0v) is 17.2.